The van der Waals surface area contributed by atoms with Crippen molar-refractivity contribution >= 4 is 16.7 Å². The Morgan fingerprint density at radius 3 is 2.92 bits per heavy atom. The lowest BCUT2D eigenvalue weighted by Crippen LogP contribution is -2.44. The summed E-state index contributed by atoms with van der Waals surface area (Å²) in [6.45, 7) is 3.94. The summed E-state index contributed by atoms with van der Waals surface area (Å²) in [7, 11) is -0.777. The fraction of sp³-hybridized carbons (Fsp3) is 0.353. The van der Waals surface area contributed by atoms with Crippen LogP contribution in [-0.2, 0) is 17.3 Å². The van der Waals surface area contributed by atoms with Gasteiger partial charge in [-0.1, -0.05) is 6.07 Å². The van der Waals surface area contributed by atoms with E-state index in [4.69, 9.17) is 4.42 Å². The zero-order chi connectivity index (χ0) is 17.2. The highest BCUT2D eigenvalue weighted by atomic mass is 32.2. The SMILES string of the molecule is CC1CN(c2nnc(-c3ccccn3)n2Cc2ccco2)CCS1=O. The summed E-state index contributed by atoms with van der Waals surface area (Å²) in [4.78, 5) is 6.55. The van der Waals surface area contributed by atoms with Crippen molar-refractivity contribution in [3.8, 4) is 11.5 Å². The van der Waals surface area contributed by atoms with Gasteiger partial charge in [0, 0.05) is 41.1 Å². The van der Waals surface area contributed by atoms with Crippen molar-refractivity contribution in [2.24, 2.45) is 0 Å². The second-order valence-electron chi connectivity index (χ2n) is 6.05. The van der Waals surface area contributed by atoms with E-state index in [1.807, 2.05) is 41.8 Å². The molecule has 1 aliphatic heterocycles. The first kappa shape index (κ1) is 16.0. The minimum absolute atomic E-state index is 0.112. The first-order valence-electron chi connectivity index (χ1n) is 8.21. The molecule has 7 nitrogen and oxygen atoms in total. The molecule has 0 N–H and O–H groups in total. The van der Waals surface area contributed by atoms with Crippen molar-refractivity contribution in [2.45, 2.75) is 18.7 Å². The summed E-state index contributed by atoms with van der Waals surface area (Å²) < 4.78 is 19.5. The van der Waals surface area contributed by atoms with Gasteiger partial charge in [-0.25, -0.2) is 0 Å². The normalized spacial score (nSPS) is 20.8. The van der Waals surface area contributed by atoms with Gasteiger partial charge in [0.1, 0.15) is 11.5 Å². The monoisotopic (exact) mass is 357 g/mol. The van der Waals surface area contributed by atoms with Crippen LogP contribution in [0.3, 0.4) is 0 Å². The van der Waals surface area contributed by atoms with Crippen LogP contribution in [0.2, 0.25) is 0 Å². The molecule has 130 valence electrons. The maximum atomic E-state index is 12.0. The minimum atomic E-state index is -0.777. The van der Waals surface area contributed by atoms with Crippen molar-refractivity contribution in [3.05, 3.63) is 48.6 Å². The van der Waals surface area contributed by atoms with E-state index < -0.39 is 10.8 Å². The summed E-state index contributed by atoms with van der Waals surface area (Å²) in [5.41, 5.74) is 0.765. The number of anilines is 1. The average molecular weight is 357 g/mol. The molecule has 0 saturated carbocycles. The Bertz CT molecular complexity index is 863. The van der Waals surface area contributed by atoms with E-state index in [-0.39, 0.29) is 5.25 Å². The Labute approximate surface area is 148 Å². The Kier molecular flexibility index (Phi) is 4.35. The molecule has 0 aromatic carbocycles. The van der Waals surface area contributed by atoms with Gasteiger partial charge in [-0.05, 0) is 31.2 Å². The lowest BCUT2D eigenvalue weighted by Gasteiger charge is -2.31. The lowest BCUT2D eigenvalue weighted by atomic mass is 10.3. The smallest absolute Gasteiger partial charge is 0.228 e. The van der Waals surface area contributed by atoms with Gasteiger partial charge in [-0.3, -0.25) is 13.8 Å². The number of rotatable bonds is 4. The molecular formula is C17H19N5O2S. The van der Waals surface area contributed by atoms with Crippen molar-refractivity contribution < 1.29 is 8.63 Å². The predicted molar refractivity (Wildman–Crippen MR) is 95.7 cm³/mol. The predicted octanol–water partition coefficient (Wildman–Crippen LogP) is 1.94. The lowest BCUT2D eigenvalue weighted by molar-refractivity contribution is 0.493. The number of hydrogen-bond acceptors (Lipinski definition) is 6. The van der Waals surface area contributed by atoms with E-state index in [1.54, 1.807) is 12.5 Å². The molecule has 0 radical (unpaired) electrons. The fourth-order valence-corrected chi connectivity index (χ4v) is 4.13. The van der Waals surface area contributed by atoms with Gasteiger partial charge >= 0.3 is 0 Å². The average Bonchev–Trinajstić information content (AvgIpc) is 3.29. The molecule has 1 saturated heterocycles. The van der Waals surface area contributed by atoms with Crippen LogP contribution < -0.4 is 4.90 Å². The molecule has 8 heteroatoms. The number of nitrogens with zero attached hydrogens (tertiary/aromatic N) is 5. The number of pyridine rings is 1. The van der Waals surface area contributed by atoms with Gasteiger partial charge in [-0.15, -0.1) is 10.2 Å². The van der Waals surface area contributed by atoms with Gasteiger partial charge < -0.3 is 9.32 Å². The highest BCUT2D eigenvalue weighted by Crippen LogP contribution is 2.24. The molecule has 0 amide bonds. The van der Waals surface area contributed by atoms with Crippen LogP contribution in [0.15, 0.2) is 47.2 Å². The Morgan fingerprint density at radius 2 is 2.20 bits per heavy atom. The Balaban J connectivity index is 1.73. The van der Waals surface area contributed by atoms with Crippen LogP contribution in [-0.4, -0.2) is 48.0 Å². The third kappa shape index (κ3) is 3.21. The van der Waals surface area contributed by atoms with E-state index in [0.29, 0.717) is 31.2 Å². The number of aromatic nitrogens is 4. The zero-order valence-electron chi connectivity index (χ0n) is 13.9. The largest absolute Gasteiger partial charge is 0.467 e. The van der Waals surface area contributed by atoms with E-state index in [2.05, 4.69) is 20.1 Å². The van der Waals surface area contributed by atoms with E-state index in [0.717, 1.165) is 17.4 Å². The molecule has 1 aliphatic rings. The molecular weight excluding hydrogens is 338 g/mol. The van der Waals surface area contributed by atoms with Crippen molar-refractivity contribution in [1.29, 1.82) is 0 Å². The maximum absolute atomic E-state index is 12.0. The molecule has 0 bridgehead atoms. The number of hydrogen-bond donors (Lipinski definition) is 0. The quantitative estimate of drug-likeness (QED) is 0.710. The molecule has 2 atom stereocenters. The molecule has 3 aromatic heterocycles. The third-order valence-electron chi connectivity index (χ3n) is 4.29. The van der Waals surface area contributed by atoms with Crippen LogP contribution in [0, 0.1) is 0 Å². The summed E-state index contributed by atoms with van der Waals surface area (Å²) in [6, 6.07) is 9.52. The van der Waals surface area contributed by atoms with Gasteiger partial charge in [0.15, 0.2) is 5.82 Å². The molecule has 2 unspecified atom stereocenters. The second kappa shape index (κ2) is 6.79. The first-order chi connectivity index (χ1) is 12.2. The molecule has 25 heavy (non-hydrogen) atoms. The third-order valence-corrected chi connectivity index (χ3v) is 5.92. The van der Waals surface area contributed by atoms with Gasteiger partial charge in [0.05, 0.1) is 12.8 Å². The van der Waals surface area contributed by atoms with Crippen LogP contribution in [0.1, 0.15) is 12.7 Å². The maximum Gasteiger partial charge on any atom is 0.228 e. The molecule has 4 rings (SSSR count). The molecule has 3 aromatic rings. The van der Waals surface area contributed by atoms with Crippen LogP contribution in [0.4, 0.5) is 5.95 Å². The van der Waals surface area contributed by atoms with Crippen LogP contribution in [0.5, 0.6) is 0 Å². The summed E-state index contributed by atoms with van der Waals surface area (Å²) in [5.74, 6) is 2.94. The van der Waals surface area contributed by atoms with E-state index >= 15 is 0 Å². The van der Waals surface area contributed by atoms with Crippen LogP contribution in [0.25, 0.3) is 11.5 Å². The summed E-state index contributed by atoms with van der Waals surface area (Å²) in [6.07, 6.45) is 3.40. The van der Waals surface area contributed by atoms with Gasteiger partial charge in [0.25, 0.3) is 0 Å². The van der Waals surface area contributed by atoms with E-state index in [1.165, 1.54) is 0 Å². The highest BCUT2D eigenvalue weighted by molar-refractivity contribution is 7.85. The molecule has 0 aliphatic carbocycles. The van der Waals surface area contributed by atoms with Gasteiger partial charge in [-0.2, -0.15) is 0 Å². The second-order valence-corrected chi connectivity index (χ2v) is 8.02. The Morgan fingerprint density at radius 1 is 1.28 bits per heavy atom. The topological polar surface area (TPSA) is 77.1 Å². The highest BCUT2D eigenvalue weighted by Gasteiger charge is 2.27. The van der Waals surface area contributed by atoms with Crippen molar-refractivity contribution in [2.75, 3.05) is 23.7 Å². The van der Waals surface area contributed by atoms with Gasteiger partial charge in [0.2, 0.25) is 5.95 Å². The first-order valence-corrected chi connectivity index (χ1v) is 9.59. The Hall–Kier alpha value is -2.48. The summed E-state index contributed by atoms with van der Waals surface area (Å²) in [5, 5.41) is 8.90. The van der Waals surface area contributed by atoms with E-state index in [9.17, 15) is 4.21 Å². The fourth-order valence-electron chi connectivity index (χ4n) is 2.99. The standard InChI is InChI=1S/C17H19N5O2S/c1-13-11-21(8-10-25(13)23)17-20-19-16(15-6-2-3-7-18-15)22(17)12-14-5-4-9-24-14/h2-7,9,13H,8,10-12H2,1H3. The minimum Gasteiger partial charge on any atom is -0.467 e. The number of furan rings is 1. The summed E-state index contributed by atoms with van der Waals surface area (Å²) >= 11 is 0. The molecule has 4 heterocycles. The van der Waals surface area contributed by atoms with Crippen molar-refractivity contribution in [1.82, 2.24) is 19.7 Å². The molecule has 0 spiro atoms. The van der Waals surface area contributed by atoms with Crippen molar-refractivity contribution in [3.63, 3.8) is 0 Å². The zero-order valence-corrected chi connectivity index (χ0v) is 14.7. The van der Waals surface area contributed by atoms with Crippen LogP contribution >= 0.6 is 0 Å². The molecule has 1 fully saturated rings.